The van der Waals surface area contributed by atoms with Gasteiger partial charge in [0.05, 0.1) is 0 Å². The zero-order valence-corrected chi connectivity index (χ0v) is 4.82. The molecule has 0 spiro atoms. The monoisotopic (exact) mass is 143 g/mol. The van der Waals surface area contributed by atoms with Crippen LogP contribution in [0.4, 0.5) is 4.39 Å². The molecular formula is C3H7ClFNO2. The van der Waals surface area contributed by atoms with Crippen LogP contribution in [-0.2, 0) is 4.79 Å². The van der Waals surface area contributed by atoms with Gasteiger partial charge in [0.1, 0.15) is 12.7 Å². The lowest BCUT2D eigenvalue weighted by Crippen LogP contribution is -2.31. The van der Waals surface area contributed by atoms with E-state index in [4.69, 9.17) is 5.11 Å². The van der Waals surface area contributed by atoms with Crippen LogP contribution in [0.2, 0.25) is 0 Å². The van der Waals surface area contributed by atoms with Gasteiger partial charge in [-0.1, -0.05) is 0 Å². The van der Waals surface area contributed by atoms with Gasteiger partial charge in [-0.3, -0.25) is 4.79 Å². The zero-order valence-electron chi connectivity index (χ0n) is 4.00. The van der Waals surface area contributed by atoms with Crippen LogP contribution in [0.5, 0.6) is 0 Å². The molecule has 0 saturated carbocycles. The molecule has 5 heteroatoms. The van der Waals surface area contributed by atoms with Crippen molar-refractivity contribution in [2.75, 3.05) is 6.67 Å². The van der Waals surface area contributed by atoms with Crippen LogP contribution in [0.15, 0.2) is 0 Å². The number of hydrogen-bond acceptors (Lipinski definition) is 2. The Morgan fingerprint density at radius 3 is 2.25 bits per heavy atom. The van der Waals surface area contributed by atoms with E-state index < -0.39 is 18.7 Å². The van der Waals surface area contributed by atoms with Crippen LogP contribution in [0.25, 0.3) is 0 Å². The Hall–Kier alpha value is -0.350. The molecule has 0 aliphatic heterocycles. The first-order chi connectivity index (χ1) is 3.18. The fraction of sp³-hybridized carbons (Fsp3) is 0.667. The van der Waals surface area contributed by atoms with Gasteiger partial charge in [0.25, 0.3) is 0 Å². The summed E-state index contributed by atoms with van der Waals surface area (Å²) in [6.07, 6.45) is 0. The lowest BCUT2D eigenvalue weighted by Gasteiger charge is -1.94. The number of carboxylic acids is 1. The Bertz CT molecular complexity index is 79.7. The highest BCUT2D eigenvalue weighted by molar-refractivity contribution is 5.85. The number of carbonyl (C=O) groups is 1. The average molecular weight is 144 g/mol. The minimum Gasteiger partial charge on any atom is -0.480 e. The van der Waals surface area contributed by atoms with Crippen molar-refractivity contribution in [2.45, 2.75) is 6.04 Å². The molecule has 8 heavy (non-hydrogen) atoms. The van der Waals surface area contributed by atoms with E-state index in [1.807, 2.05) is 0 Å². The Balaban J connectivity index is 0. The third-order valence-electron chi connectivity index (χ3n) is 0.483. The van der Waals surface area contributed by atoms with Gasteiger partial charge < -0.3 is 10.8 Å². The van der Waals surface area contributed by atoms with Crippen molar-refractivity contribution >= 4 is 18.4 Å². The van der Waals surface area contributed by atoms with Crippen molar-refractivity contribution in [3.8, 4) is 0 Å². The minimum absolute atomic E-state index is 0. The fourth-order valence-electron chi connectivity index (χ4n) is 0.0660. The molecular weight excluding hydrogens is 136 g/mol. The number of nitrogens with two attached hydrogens (primary N) is 1. The molecule has 0 rings (SSSR count). The molecule has 0 aliphatic carbocycles. The van der Waals surface area contributed by atoms with E-state index in [0.717, 1.165) is 0 Å². The number of rotatable bonds is 2. The second-order valence-corrected chi connectivity index (χ2v) is 1.10. The van der Waals surface area contributed by atoms with E-state index in [9.17, 15) is 9.18 Å². The van der Waals surface area contributed by atoms with Gasteiger partial charge in [0.2, 0.25) is 0 Å². The molecule has 1 unspecified atom stereocenters. The van der Waals surface area contributed by atoms with Crippen molar-refractivity contribution in [1.29, 1.82) is 0 Å². The third-order valence-corrected chi connectivity index (χ3v) is 0.483. The number of carboxylic acid groups (broad SMARTS) is 1. The summed E-state index contributed by atoms with van der Waals surface area (Å²) in [5, 5.41) is 7.82. The zero-order chi connectivity index (χ0) is 5.86. The lowest BCUT2D eigenvalue weighted by atomic mass is 10.4. The molecule has 0 fully saturated rings. The molecule has 0 aromatic heterocycles. The Labute approximate surface area is 52.1 Å². The molecule has 1 atom stereocenters. The van der Waals surface area contributed by atoms with E-state index in [0.29, 0.717) is 0 Å². The van der Waals surface area contributed by atoms with Gasteiger partial charge in [0, 0.05) is 0 Å². The van der Waals surface area contributed by atoms with Crippen molar-refractivity contribution < 1.29 is 14.3 Å². The van der Waals surface area contributed by atoms with Crippen LogP contribution in [0.3, 0.4) is 0 Å². The molecule has 0 amide bonds. The van der Waals surface area contributed by atoms with Gasteiger partial charge in [-0.15, -0.1) is 12.4 Å². The van der Waals surface area contributed by atoms with Crippen molar-refractivity contribution in [3.05, 3.63) is 0 Å². The van der Waals surface area contributed by atoms with Crippen molar-refractivity contribution in [1.82, 2.24) is 0 Å². The molecule has 50 valence electrons. The highest BCUT2D eigenvalue weighted by atomic mass is 35.5. The second kappa shape index (κ2) is 4.80. The van der Waals surface area contributed by atoms with Crippen molar-refractivity contribution in [3.63, 3.8) is 0 Å². The average Bonchev–Trinajstić information content (AvgIpc) is 1.65. The summed E-state index contributed by atoms with van der Waals surface area (Å²) >= 11 is 0. The third kappa shape index (κ3) is 3.83. The minimum atomic E-state index is -1.35. The molecule has 0 saturated heterocycles. The van der Waals surface area contributed by atoms with E-state index in [1.165, 1.54) is 0 Å². The summed E-state index contributed by atoms with van der Waals surface area (Å²) in [5.74, 6) is -1.30. The van der Waals surface area contributed by atoms with Crippen LogP contribution >= 0.6 is 12.4 Å². The van der Waals surface area contributed by atoms with Gasteiger partial charge in [-0.05, 0) is 0 Å². The highest BCUT2D eigenvalue weighted by Gasteiger charge is 2.08. The molecule has 0 aromatic rings. The summed E-state index contributed by atoms with van der Waals surface area (Å²) in [4.78, 5) is 9.57. The summed E-state index contributed by atoms with van der Waals surface area (Å²) in [7, 11) is 0. The summed E-state index contributed by atoms with van der Waals surface area (Å²) in [6.45, 7) is -1.00. The van der Waals surface area contributed by atoms with Crippen molar-refractivity contribution in [2.24, 2.45) is 5.73 Å². The number of hydrogen-bond donors (Lipinski definition) is 2. The van der Waals surface area contributed by atoms with Crippen LogP contribution in [0, 0.1) is 0 Å². The van der Waals surface area contributed by atoms with Crippen LogP contribution < -0.4 is 5.73 Å². The lowest BCUT2D eigenvalue weighted by molar-refractivity contribution is -0.138. The van der Waals surface area contributed by atoms with E-state index in [1.54, 1.807) is 0 Å². The molecule has 3 N–H and O–H groups in total. The molecule has 0 bridgehead atoms. The highest BCUT2D eigenvalue weighted by Crippen LogP contribution is 1.76. The van der Waals surface area contributed by atoms with E-state index in [2.05, 4.69) is 5.73 Å². The van der Waals surface area contributed by atoms with Crippen LogP contribution in [-0.4, -0.2) is 23.8 Å². The summed E-state index contributed by atoms with van der Waals surface area (Å²) < 4.78 is 11.1. The quantitative estimate of drug-likeness (QED) is 0.562. The van der Waals surface area contributed by atoms with Gasteiger partial charge >= 0.3 is 5.97 Å². The van der Waals surface area contributed by atoms with Crippen LogP contribution in [0.1, 0.15) is 0 Å². The maximum Gasteiger partial charge on any atom is 0.323 e. The fourth-order valence-corrected chi connectivity index (χ4v) is 0.0660. The topological polar surface area (TPSA) is 63.3 Å². The van der Waals surface area contributed by atoms with Gasteiger partial charge in [-0.25, -0.2) is 4.39 Å². The molecule has 0 aliphatic rings. The summed E-state index contributed by atoms with van der Waals surface area (Å²) in [5.41, 5.74) is 4.64. The Morgan fingerprint density at radius 1 is 1.88 bits per heavy atom. The molecule has 3 nitrogen and oxygen atoms in total. The summed E-state index contributed by atoms with van der Waals surface area (Å²) in [6, 6.07) is -1.35. The normalized spacial score (nSPS) is 11.8. The van der Waals surface area contributed by atoms with E-state index >= 15 is 0 Å². The SMILES string of the molecule is Cl.NC(CF)C(=O)O. The molecule has 0 aromatic carbocycles. The second-order valence-electron chi connectivity index (χ2n) is 1.10. The van der Waals surface area contributed by atoms with Gasteiger partial charge in [-0.2, -0.15) is 0 Å². The predicted molar refractivity (Wildman–Crippen MR) is 28.8 cm³/mol. The Kier molecular flexibility index (Phi) is 6.36. The number of halogens is 2. The standard InChI is InChI=1S/C3H6FNO2.ClH/c4-1-2(5)3(6)7;/h2H,1,5H2,(H,6,7);1H. The first kappa shape index (κ1) is 10.6. The first-order valence-electron chi connectivity index (χ1n) is 1.73. The first-order valence-corrected chi connectivity index (χ1v) is 1.73. The Morgan fingerprint density at radius 2 is 2.25 bits per heavy atom. The number of alkyl halides is 1. The number of aliphatic carboxylic acids is 1. The largest absolute Gasteiger partial charge is 0.480 e. The maximum atomic E-state index is 11.1. The smallest absolute Gasteiger partial charge is 0.323 e. The maximum absolute atomic E-state index is 11.1. The molecule has 0 radical (unpaired) electrons. The van der Waals surface area contributed by atoms with E-state index in [-0.39, 0.29) is 12.4 Å². The van der Waals surface area contributed by atoms with Gasteiger partial charge in [0.15, 0.2) is 0 Å². The predicted octanol–water partition coefficient (Wildman–Crippen LogP) is -0.210. The molecule has 0 heterocycles.